The fourth-order valence-electron chi connectivity index (χ4n) is 0.695. The molecule has 1 aliphatic heterocycles. The molecule has 0 bridgehead atoms. The molecule has 8 heavy (non-hydrogen) atoms. The highest BCUT2D eigenvalue weighted by atomic mass is 16.6. The van der Waals surface area contributed by atoms with Crippen LogP contribution in [0.3, 0.4) is 0 Å². The Morgan fingerprint density at radius 2 is 2.62 bits per heavy atom. The quantitative estimate of drug-likeness (QED) is 0.368. The molecule has 0 spiro atoms. The summed E-state index contributed by atoms with van der Waals surface area (Å²) in [6.45, 7) is 1.17. The highest BCUT2D eigenvalue weighted by Crippen LogP contribution is 1.98. The minimum atomic E-state index is -0.449. The second-order valence-electron chi connectivity index (χ2n) is 1.75. The predicted octanol–water partition coefficient (Wildman–Crippen LogP) is -0.561. The van der Waals surface area contributed by atoms with Gasteiger partial charge in [-0.15, -0.1) is 0 Å². The van der Waals surface area contributed by atoms with Crippen LogP contribution >= 0.6 is 0 Å². The van der Waals surface area contributed by atoms with Crippen molar-refractivity contribution < 1.29 is 4.92 Å². The molecule has 1 N–H and O–H groups in total. The molecule has 0 saturated carbocycles. The summed E-state index contributed by atoms with van der Waals surface area (Å²) in [6.07, 6.45) is 1.67. The van der Waals surface area contributed by atoms with Crippen LogP contribution in [-0.2, 0) is 0 Å². The van der Waals surface area contributed by atoms with Gasteiger partial charge in [-0.3, -0.25) is 10.1 Å². The molecular weight excluding hydrogens is 108 g/mol. The third kappa shape index (κ3) is 0.949. The molecule has 1 saturated heterocycles. The van der Waals surface area contributed by atoms with Crippen LogP contribution in [0.25, 0.3) is 0 Å². The molecule has 45 valence electrons. The van der Waals surface area contributed by atoms with Crippen molar-refractivity contribution in [3.63, 3.8) is 0 Å². The summed E-state index contributed by atoms with van der Waals surface area (Å²) in [7, 11) is 0. The van der Waals surface area contributed by atoms with Gasteiger partial charge in [0, 0.05) is 11.5 Å². The molecule has 1 fully saturated rings. The van der Waals surface area contributed by atoms with Crippen molar-refractivity contribution in [2.75, 3.05) is 13.1 Å². The predicted molar refractivity (Wildman–Crippen MR) is 28.0 cm³/mol. The molecule has 1 rings (SSSR count). The first-order chi connectivity index (χ1) is 3.80. The number of nitrogens with one attached hydrogen (secondary N) is 1. The third-order valence-electron chi connectivity index (χ3n) is 1.16. The molecule has 4 nitrogen and oxygen atoms in total. The highest BCUT2D eigenvalue weighted by molar-refractivity contribution is 4.87. The van der Waals surface area contributed by atoms with Gasteiger partial charge in [0.15, 0.2) is 0 Å². The summed E-state index contributed by atoms with van der Waals surface area (Å²) in [4.78, 5) is 9.66. The van der Waals surface area contributed by atoms with Gasteiger partial charge >= 0.3 is 0 Å². The monoisotopic (exact) mass is 115 g/mol. The van der Waals surface area contributed by atoms with E-state index in [4.69, 9.17) is 0 Å². The molecule has 1 unspecified atom stereocenters. The smallest absolute Gasteiger partial charge is 0.229 e. The Kier molecular flexibility index (Phi) is 1.43. The lowest BCUT2D eigenvalue weighted by Gasteiger charge is -1.94. The minimum absolute atomic E-state index is 0.278. The molecule has 0 aliphatic carbocycles. The lowest BCUT2D eigenvalue weighted by atomic mass is 10.3. The zero-order valence-corrected chi connectivity index (χ0v) is 4.33. The molecule has 1 heterocycles. The second-order valence-corrected chi connectivity index (χ2v) is 1.75. The number of nitrogens with zero attached hydrogens (tertiary/aromatic N) is 1. The molecule has 0 aromatic rings. The van der Waals surface area contributed by atoms with Crippen molar-refractivity contribution in [3.8, 4) is 0 Å². The van der Waals surface area contributed by atoms with Gasteiger partial charge in [-0.05, 0) is 0 Å². The molecule has 1 atom stereocenters. The van der Waals surface area contributed by atoms with Gasteiger partial charge in [0.2, 0.25) is 6.04 Å². The van der Waals surface area contributed by atoms with Gasteiger partial charge in [0.25, 0.3) is 0 Å². The van der Waals surface area contributed by atoms with E-state index in [2.05, 4.69) is 5.32 Å². The maximum atomic E-state index is 9.94. The SMILES string of the molecule is O=[N+]([O-])C1[CH]CNC1. The van der Waals surface area contributed by atoms with E-state index in [0.29, 0.717) is 13.1 Å². The van der Waals surface area contributed by atoms with E-state index in [9.17, 15) is 10.1 Å². The Balaban J connectivity index is 2.35. The zero-order chi connectivity index (χ0) is 5.98. The van der Waals surface area contributed by atoms with Crippen molar-refractivity contribution in [2.24, 2.45) is 0 Å². The Labute approximate surface area is 47.0 Å². The van der Waals surface area contributed by atoms with Gasteiger partial charge in [0.1, 0.15) is 0 Å². The molecule has 0 amide bonds. The van der Waals surface area contributed by atoms with E-state index < -0.39 is 6.04 Å². The van der Waals surface area contributed by atoms with Crippen LogP contribution in [0, 0.1) is 16.5 Å². The van der Waals surface area contributed by atoms with Gasteiger partial charge in [0.05, 0.1) is 13.0 Å². The average molecular weight is 115 g/mol. The van der Waals surface area contributed by atoms with Crippen molar-refractivity contribution in [1.29, 1.82) is 0 Å². The van der Waals surface area contributed by atoms with E-state index in [1.165, 1.54) is 0 Å². The Morgan fingerprint density at radius 1 is 1.88 bits per heavy atom. The van der Waals surface area contributed by atoms with Gasteiger partial charge in [-0.25, -0.2) is 0 Å². The molecule has 1 aliphatic rings. The summed E-state index contributed by atoms with van der Waals surface area (Å²) in [6, 6.07) is -0.449. The first-order valence-corrected chi connectivity index (χ1v) is 2.48. The Morgan fingerprint density at radius 3 is 2.88 bits per heavy atom. The first kappa shape index (κ1) is 5.50. The number of rotatable bonds is 1. The average Bonchev–Trinajstić information content (AvgIpc) is 2.12. The van der Waals surface area contributed by atoms with Crippen LogP contribution < -0.4 is 5.32 Å². The number of hydrogen-bond acceptors (Lipinski definition) is 3. The van der Waals surface area contributed by atoms with E-state index >= 15 is 0 Å². The highest BCUT2D eigenvalue weighted by Gasteiger charge is 2.24. The summed E-state index contributed by atoms with van der Waals surface area (Å²) in [5.41, 5.74) is 0. The third-order valence-corrected chi connectivity index (χ3v) is 1.16. The molecule has 1 radical (unpaired) electrons. The van der Waals surface area contributed by atoms with Crippen LogP contribution in [0.15, 0.2) is 0 Å². The lowest BCUT2D eigenvalue weighted by molar-refractivity contribution is -0.508. The van der Waals surface area contributed by atoms with Gasteiger partial charge in [-0.1, -0.05) is 0 Å². The fraction of sp³-hybridized carbons (Fsp3) is 0.750. The van der Waals surface area contributed by atoms with Crippen molar-refractivity contribution >= 4 is 0 Å². The number of hydrogen-bond donors (Lipinski definition) is 1. The molecular formula is C4H7N2O2. The summed E-state index contributed by atoms with van der Waals surface area (Å²) in [5, 5.41) is 12.8. The fourth-order valence-corrected chi connectivity index (χ4v) is 0.695. The maximum absolute atomic E-state index is 9.94. The number of nitro groups is 1. The minimum Gasteiger partial charge on any atom is -0.310 e. The van der Waals surface area contributed by atoms with Crippen LogP contribution in [0.1, 0.15) is 0 Å². The maximum Gasteiger partial charge on any atom is 0.229 e. The summed E-state index contributed by atoms with van der Waals surface area (Å²) in [5.74, 6) is 0. The molecule has 4 heteroatoms. The summed E-state index contributed by atoms with van der Waals surface area (Å²) < 4.78 is 0. The van der Waals surface area contributed by atoms with Crippen LogP contribution in [0.4, 0.5) is 0 Å². The summed E-state index contributed by atoms with van der Waals surface area (Å²) >= 11 is 0. The first-order valence-electron chi connectivity index (χ1n) is 2.48. The topological polar surface area (TPSA) is 55.2 Å². The van der Waals surface area contributed by atoms with E-state index in [-0.39, 0.29) is 4.92 Å². The lowest BCUT2D eigenvalue weighted by Crippen LogP contribution is -2.21. The van der Waals surface area contributed by atoms with Crippen LogP contribution in [-0.4, -0.2) is 24.1 Å². The van der Waals surface area contributed by atoms with Crippen molar-refractivity contribution in [2.45, 2.75) is 6.04 Å². The van der Waals surface area contributed by atoms with Gasteiger partial charge < -0.3 is 5.32 Å². The van der Waals surface area contributed by atoms with Gasteiger partial charge in [-0.2, -0.15) is 0 Å². The van der Waals surface area contributed by atoms with Crippen LogP contribution in [0.2, 0.25) is 0 Å². The normalized spacial score (nSPS) is 28.2. The zero-order valence-electron chi connectivity index (χ0n) is 4.33. The molecule has 0 aromatic heterocycles. The van der Waals surface area contributed by atoms with E-state index in [1.807, 2.05) is 0 Å². The van der Waals surface area contributed by atoms with E-state index in [1.54, 1.807) is 6.42 Å². The Hall–Kier alpha value is -0.640. The van der Waals surface area contributed by atoms with E-state index in [0.717, 1.165) is 0 Å². The van der Waals surface area contributed by atoms with Crippen molar-refractivity contribution in [1.82, 2.24) is 5.32 Å². The standard InChI is InChI=1S/C4H7N2O2/c7-6(8)4-1-2-5-3-4/h1,4-5H,2-3H2. The van der Waals surface area contributed by atoms with Crippen molar-refractivity contribution in [3.05, 3.63) is 16.5 Å². The van der Waals surface area contributed by atoms with Crippen LogP contribution in [0.5, 0.6) is 0 Å². The second kappa shape index (κ2) is 2.09. The largest absolute Gasteiger partial charge is 0.310 e. The molecule has 0 aromatic carbocycles. The Bertz CT molecular complexity index is 98.2.